The van der Waals surface area contributed by atoms with E-state index in [0.717, 1.165) is 0 Å². The van der Waals surface area contributed by atoms with Crippen LogP contribution in [0.15, 0.2) is 17.5 Å². The van der Waals surface area contributed by atoms with Crippen molar-refractivity contribution in [2.24, 2.45) is 0 Å². The van der Waals surface area contributed by atoms with Crippen LogP contribution in [0, 0.1) is 0 Å². The fourth-order valence-corrected chi connectivity index (χ4v) is 2.78. The molecule has 0 radical (unpaired) electrons. The van der Waals surface area contributed by atoms with Crippen molar-refractivity contribution in [3.63, 3.8) is 0 Å². The highest BCUT2D eigenvalue weighted by Crippen LogP contribution is 2.15. The molecule has 5 heteroatoms. The van der Waals surface area contributed by atoms with Crippen LogP contribution in [-0.4, -0.2) is 41.1 Å². The molecule has 2 atom stereocenters. The van der Waals surface area contributed by atoms with E-state index >= 15 is 0 Å². The highest BCUT2D eigenvalue weighted by molar-refractivity contribution is 7.09. The van der Waals surface area contributed by atoms with Crippen molar-refractivity contribution >= 4 is 17.2 Å². The zero-order valence-corrected chi connectivity index (χ0v) is 10.7. The lowest BCUT2D eigenvalue weighted by atomic mass is 10.2. The number of aliphatic hydroxyl groups is 1. The van der Waals surface area contributed by atoms with Crippen LogP contribution in [0.2, 0.25) is 0 Å². The van der Waals surface area contributed by atoms with Crippen LogP contribution in [0.5, 0.6) is 0 Å². The summed E-state index contributed by atoms with van der Waals surface area (Å²) in [5.74, 6) is 0.0949. The Bertz CT molecular complexity index is 367. The standard InChI is InChI=1S/C12H18N2O2S/c1-2-14(8-10-4-3-5-17-10)12(16)11-6-9(15)7-13-11/h3-5,9,11,13,15H,2,6-8H2,1H3. The molecule has 4 nitrogen and oxygen atoms in total. The van der Waals surface area contributed by atoms with Gasteiger partial charge in [-0.2, -0.15) is 0 Å². The number of nitrogens with zero attached hydrogens (tertiary/aromatic N) is 1. The van der Waals surface area contributed by atoms with Crippen LogP contribution in [0.1, 0.15) is 18.2 Å². The largest absolute Gasteiger partial charge is 0.392 e. The quantitative estimate of drug-likeness (QED) is 0.836. The Hall–Kier alpha value is -0.910. The normalized spacial score (nSPS) is 23.9. The third-order valence-corrected chi connectivity index (χ3v) is 3.89. The third-order valence-electron chi connectivity index (χ3n) is 3.03. The monoisotopic (exact) mass is 254 g/mol. The molecule has 0 bridgehead atoms. The number of carbonyl (C=O) groups excluding carboxylic acids is 1. The summed E-state index contributed by atoms with van der Waals surface area (Å²) >= 11 is 1.66. The van der Waals surface area contributed by atoms with Crippen molar-refractivity contribution < 1.29 is 9.90 Å². The highest BCUT2D eigenvalue weighted by atomic mass is 32.1. The fourth-order valence-electron chi connectivity index (χ4n) is 2.06. The Morgan fingerprint density at radius 2 is 2.53 bits per heavy atom. The number of hydrogen-bond donors (Lipinski definition) is 2. The van der Waals surface area contributed by atoms with Gasteiger partial charge in [-0.05, 0) is 24.8 Å². The molecule has 1 aliphatic rings. The summed E-state index contributed by atoms with van der Waals surface area (Å²) in [6.45, 7) is 3.87. The third kappa shape index (κ3) is 3.06. The summed E-state index contributed by atoms with van der Waals surface area (Å²) in [5.41, 5.74) is 0. The maximum atomic E-state index is 12.2. The molecule has 1 aliphatic heterocycles. The molecule has 2 N–H and O–H groups in total. The van der Waals surface area contributed by atoms with Crippen molar-refractivity contribution in [3.05, 3.63) is 22.4 Å². The molecule has 17 heavy (non-hydrogen) atoms. The zero-order valence-electron chi connectivity index (χ0n) is 9.93. The number of thiophene rings is 1. The second kappa shape index (κ2) is 5.62. The highest BCUT2D eigenvalue weighted by Gasteiger charge is 2.30. The minimum atomic E-state index is -0.385. The number of rotatable bonds is 4. The maximum Gasteiger partial charge on any atom is 0.240 e. The van der Waals surface area contributed by atoms with Gasteiger partial charge in [-0.15, -0.1) is 11.3 Å². The number of amides is 1. The second-order valence-electron chi connectivity index (χ2n) is 4.28. The van der Waals surface area contributed by atoms with Gasteiger partial charge in [0.25, 0.3) is 0 Å². The van der Waals surface area contributed by atoms with Crippen molar-refractivity contribution in [2.45, 2.75) is 32.0 Å². The summed E-state index contributed by atoms with van der Waals surface area (Å²) in [6, 6.07) is 3.82. The molecule has 0 spiro atoms. The maximum absolute atomic E-state index is 12.2. The summed E-state index contributed by atoms with van der Waals surface area (Å²) in [5, 5.41) is 14.5. The first-order valence-electron chi connectivity index (χ1n) is 5.93. The number of aliphatic hydroxyl groups excluding tert-OH is 1. The molecule has 1 aromatic heterocycles. The van der Waals surface area contributed by atoms with Crippen LogP contribution < -0.4 is 5.32 Å². The molecule has 0 aliphatic carbocycles. The van der Waals surface area contributed by atoms with Gasteiger partial charge in [0.05, 0.1) is 18.7 Å². The molecule has 0 saturated carbocycles. The van der Waals surface area contributed by atoms with Crippen LogP contribution in [0.3, 0.4) is 0 Å². The summed E-state index contributed by atoms with van der Waals surface area (Å²) in [4.78, 5) is 15.2. The lowest BCUT2D eigenvalue weighted by Crippen LogP contribution is -2.43. The summed E-state index contributed by atoms with van der Waals surface area (Å²) in [7, 11) is 0. The zero-order chi connectivity index (χ0) is 12.3. The first-order valence-corrected chi connectivity index (χ1v) is 6.81. The van der Waals surface area contributed by atoms with Gasteiger partial charge in [0.15, 0.2) is 0 Å². The minimum Gasteiger partial charge on any atom is -0.392 e. The molecule has 94 valence electrons. The van der Waals surface area contributed by atoms with Gasteiger partial charge in [0.2, 0.25) is 5.91 Å². The van der Waals surface area contributed by atoms with E-state index in [2.05, 4.69) is 5.32 Å². The molecule has 1 amide bonds. The van der Waals surface area contributed by atoms with Gasteiger partial charge in [0, 0.05) is 18.0 Å². The van der Waals surface area contributed by atoms with Gasteiger partial charge in [-0.3, -0.25) is 4.79 Å². The smallest absolute Gasteiger partial charge is 0.240 e. The molecule has 2 unspecified atom stereocenters. The Labute approximate surface area is 105 Å². The van der Waals surface area contributed by atoms with E-state index in [-0.39, 0.29) is 18.1 Å². The van der Waals surface area contributed by atoms with Gasteiger partial charge in [-0.25, -0.2) is 0 Å². The first-order chi connectivity index (χ1) is 8.20. The molecule has 2 heterocycles. The van der Waals surface area contributed by atoms with Gasteiger partial charge in [-0.1, -0.05) is 6.07 Å². The van der Waals surface area contributed by atoms with Gasteiger partial charge < -0.3 is 15.3 Å². The van der Waals surface area contributed by atoms with E-state index in [0.29, 0.717) is 26.1 Å². The number of hydrogen-bond acceptors (Lipinski definition) is 4. The Morgan fingerprint density at radius 1 is 1.71 bits per heavy atom. The predicted molar refractivity (Wildman–Crippen MR) is 67.8 cm³/mol. The van der Waals surface area contributed by atoms with Gasteiger partial charge in [0.1, 0.15) is 0 Å². The SMILES string of the molecule is CCN(Cc1cccs1)C(=O)C1CC(O)CN1. The van der Waals surface area contributed by atoms with E-state index in [9.17, 15) is 9.90 Å². The summed E-state index contributed by atoms with van der Waals surface area (Å²) in [6.07, 6.45) is 0.143. The van der Waals surface area contributed by atoms with Crippen molar-refractivity contribution in [3.8, 4) is 0 Å². The van der Waals surface area contributed by atoms with E-state index in [1.54, 1.807) is 11.3 Å². The number of nitrogens with one attached hydrogen (secondary N) is 1. The second-order valence-corrected chi connectivity index (χ2v) is 5.31. The number of β-amino-alcohol motifs (C(OH)–C–C–N with tert-alkyl or cyclic N) is 1. The molecule has 2 rings (SSSR count). The van der Waals surface area contributed by atoms with Crippen LogP contribution in [-0.2, 0) is 11.3 Å². The lowest BCUT2D eigenvalue weighted by molar-refractivity contribution is -0.133. The average Bonchev–Trinajstić information content (AvgIpc) is 2.96. The van der Waals surface area contributed by atoms with Crippen LogP contribution >= 0.6 is 11.3 Å². The molecule has 1 aromatic rings. The Morgan fingerprint density at radius 3 is 3.06 bits per heavy atom. The lowest BCUT2D eigenvalue weighted by Gasteiger charge is -2.23. The van der Waals surface area contributed by atoms with E-state index in [1.165, 1.54) is 4.88 Å². The van der Waals surface area contributed by atoms with Crippen LogP contribution in [0.25, 0.3) is 0 Å². The Balaban J connectivity index is 1.95. The van der Waals surface area contributed by atoms with Crippen molar-refractivity contribution in [1.29, 1.82) is 0 Å². The molecule has 1 saturated heterocycles. The molecular weight excluding hydrogens is 236 g/mol. The van der Waals surface area contributed by atoms with E-state index in [1.807, 2.05) is 29.3 Å². The Kier molecular flexibility index (Phi) is 4.15. The van der Waals surface area contributed by atoms with Crippen molar-refractivity contribution in [1.82, 2.24) is 10.2 Å². The molecule has 1 fully saturated rings. The number of carbonyl (C=O) groups is 1. The summed E-state index contributed by atoms with van der Waals surface area (Å²) < 4.78 is 0. The molecule has 0 aromatic carbocycles. The fraction of sp³-hybridized carbons (Fsp3) is 0.583. The van der Waals surface area contributed by atoms with Crippen molar-refractivity contribution in [2.75, 3.05) is 13.1 Å². The average molecular weight is 254 g/mol. The van der Waals surface area contributed by atoms with Gasteiger partial charge >= 0.3 is 0 Å². The first kappa shape index (κ1) is 12.5. The predicted octanol–water partition coefficient (Wildman–Crippen LogP) is 0.819. The van der Waals surface area contributed by atoms with E-state index < -0.39 is 0 Å². The van der Waals surface area contributed by atoms with Crippen LogP contribution in [0.4, 0.5) is 0 Å². The topological polar surface area (TPSA) is 52.6 Å². The molecular formula is C12H18N2O2S. The minimum absolute atomic E-state index is 0.0949. The van der Waals surface area contributed by atoms with E-state index in [4.69, 9.17) is 0 Å². The number of likely N-dealkylation sites (N-methyl/N-ethyl adjacent to an activating group) is 1.